The van der Waals surface area contributed by atoms with Crippen LogP contribution in [0.5, 0.6) is 11.5 Å². The predicted molar refractivity (Wildman–Crippen MR) is 150 cm³/mol. The molecule has 0 fully saturated rings. The molecule has 0 amide bonds. The quantitative estimate of drug-likeness (QED) is 0.316. The van der Waals surface area contributed by atoms with Gasteiger partial charge in [0.1, 0.15) is 11.5 Å². The second-order valence-electron chi connectivity index (χ2n) is 9.65. The van der Waals surface area contributed by atoms with Gasteiger partial charge < -0.3 is 10.2 Å². The van der Waals surface area contributed by atoms with Crippen molar-refractivity contribution in [3.8, 4) is 11.5 Å². The first-order valence-electron chi connectivity index (χ1n) is 11.6. The maximum atomic E-state index is 10.0. The molecule has 0 heterocycles. The zero-order valence-electron chi connectivity index (χ0n) is 21.9. The van der Waals surface area contributed by atoms with E-state index in [1.807, 2.05) is 27.7 Å². The molecule has 0 saturated carbocycles. The Kier molecular flexibility index (Phi) is 8.67. The second-order valence-corrected chi connectivity index (χ2v) is 10.8. The minimum absolute atomic E-state index is 0.146. The van der Waals surface area contributed by atoms with Crippen LogP contribution in [0.25, 0.3) is 0 Å². The van der Waals surface area contributed by atoms with E-state index in [1.165, 1.54) is 37.0 Å². The molecule has 0 spiro atoms. The zero-order valence-corrected chi connectivity index (χ0v) is 24.0. The highest BCUT2D eigenvalue weighted by Crippen LogP contribution is 2.40. The SMILES string of the molecule is CCC(C)(c1cc(C)c(O)c(C)c1)c1cc(C)c(O)c(C)c1.Cc1cc(I)c(C)c(C)c1C. The van der Waals surface area contributed by atoms with E-state index in [1.54, 1.807) is 0 Å². The molecule has 33 heavy (non-hydrogen) atoms. The summed E-state index contributed by atoms with van der Waals surface area (Å²) in [5.74, 6) is 0.751. The number of hydrogen-bond donors (Lipinski definition) is 2. The molecule has 0 bridgehead atoms. The third kappa shape index (κ3) is 5.56. The van der Waals surface area contributed by atoms with Gasteiger partial charge in [-0.25, -0.2) is 0 Å². The van der Waals surface area contributed by atoms with Gasteiger partial charge >= 0.3 is 0 Å². The van der Waals surface area contributed by atoms with Crippen LogP contribution < -0.4 is 0 Å². The second kappa shape index (κ2) is 10.5. The van der Waals surface area contributed by atoms with Crippen LogP contribution >= 0.6 is 22.6 Å². The van der Waals surface area contributed by atoms with Crippen molar-refractivity contribution in [1.82, 2.24) is 0 Å². The Hall–Kier alpha value is -2.01. The van der Waals surface area contributed by atoms with E-state index in [-0.39, 0.29) is 5.41 Å². The van der Waals surface area contributed by atoms with Crippen molar-refractivity contribution in [3.05, 3.63) is 89.5 Å². The maximum Gasteiger partial charge on any atom is 0.121 e. The minimum Gasteiger partial charge on any atom is -0.507 e. The molecule has 0 atom stereocenters. The fraction of sp³-hybridized carbons (Fsp3) is 0.400. The Bertz CT molecular complexity index is 1040. The largest absolute Gasteiger partial charge is 0.507 e. The molecule has 0 aliphatic carbocycles. The lowest BCUT2D eigenvalue weighted by atomic mass is 9.72. The van der Waals surface area contributed by atoms with Gasteiger partial charge in [-0.2, -0.15) is 0 Å². The molecule has 0 aromatic heterocycles. The molecular formula is C30H39IO2. The molecule has 2 N–H and O–H groups in total. The van der Waals surface area contributed by atoms with E-state index in [9.17, 15) is 10.2 Å². The monoisotopic (exact) mass is 558 g/mol. The molecule has 0 aliphatic heterocycles. The van der Waals surface area contributed by atoms with Crippen LogP contribution in [-0.2, 0) is 5.41 Å². The van der Waals surface area contributed by atoms with Crippen LogP contribution in [0.2, 0.25) is 0 Å². The van der Waals surface area contributed by atoms with Gasteiger partial charge in [-0.1, -0.05) is 38.1 Å². The third-order valence-electron chi connectivity index (χ3n) is 7.38. The van der Waals surface area contributed by atoms with Gasteiger partial charge in [0.25, 0.3) is 0 Å². The van der Waals surface area contributed by atoms with Gasteiger partial charge in [0.05, 0.1) is 0 Å². The molecule has 3 rings (SSSR count). The highest BCUT2D eigenvalue weighted by atomic mass is 127. The summed E-state index contributed by atoms with van der Waals surface area (Å²) in [6.45, 7) is 20.9. The van der Waals surface area contributed by atoms with E-state index in [0.717, 1.165) is 28.7 Å². The standard InChI is InChI=1S/C20H26O2.C10H13I/c1-7-20(6,16-8-12(2)18(21)13(3)9-16)17-10-14(4)19(22)15(5)11-17;1-6-5-10(11)9(4)8(3)7(6)2/h8-11,21-22H,7H2,1-6H3;5H,1-4H3. The van der Waals surface area contributed by atoms with Crippen LogP contribution in [0.1, 0.15) is 75.9 Å². The Morgan fingerprint density at radius 1 is 0.606 bits per heavy atom. The highest BCUT2D eigenvalue weighted by Gasteiger charge is 2.29. The van der Waals surface area contributed by atoms with E-state index >= 15 is 0 Å². The number of rotatable bonds is 3. The summed E-state index contributed by atoms with van der Waals surface area (Å²) in [5, 5.41) is 20.1. The fourth-order valence-corrected chi connectivity index (χ4v) is 5.16. The Balaban J connectivity index is 0.000000294. The lowest BCUT2D eigenvalue weighted by molar-refractivity contribution is 0.463. The van der Waals surface area contributed by atoms with Crippen LogP contribution in [0, 0.1) is 59.0 Å². The number of aryl methyl sites for hydroxylation is 5. The van der Waals surface area contributed by atoms with E-state index in [0.29, 0.717) is 11.5 Å². The summed E-state index contributed by atoms with van der Waals surface area (Å²) in [5.41, 5.74) is 11.6. The van der Waals surface area contributed by atoms with Gasteiger partial charge in [-0.15, -0.1) is 0 Å². The van der Waals surface area contributed by atoms with Crippen LogP contribution in [0.3, 0.4) is 0 Å². The summed E-state index contributed by atoms with van der Waals surface area (Å²) in [6.07, 6.45) is 0.945. The molecule has 0 aliphatic rings. The summed E-state index contributed by atoms with van der Waals surface area (Å²) in [4.78, 5) is 0. The molecule has 178 valence electrons. The lowest BCUT2D eigenvalue weighted by Crippen LogP contribution is -2.23. The summed E-state index contributed by atoms with van der Waals surface area (Å²) in [7, 11) is 0. The summed E-state index contributed by atoms with van der Waals surface area (Å²) in [6, 6.07) is 10.5. The van der Waals surface area contributed by atoms with Gasteiger partial charge in [-0.3, -0.25) is 0 Å². The number of phenols is 2. The first-order valence-corrected chi connectivity index (χ1v) is 12.7. The number of aromatic hydroxyl groups is 2. The van der Waals surface area contributed by atoms with Gasteiger partial charge in [0.15, 0.2) is 0 Å². The molecule has 3 aromatic carbocycles. The van der Waals surface area contributed by atoms with Crippen LogP contribution in [0.4, 0.5) is 0 Å². The molecule has 3 heteroatoms. The van der Waals surface area contributed by atoms with Crippen molar-refractivity contribution in [2.24, 2.45) is 0 Å². The molecule has 0 radical (unpaired) electrons. The first kappa shape index (κ1) is 27.2. The van der Waals surface area contributed by atoms with Crippen LogP contribution in [-0.4, -0.2) is 10.2 Å². The number of halogens is 1. The zero-order chi connectivity index (χ0) is 25.2. The van der Waals surface area contributed by atoms with E-state index < -0.39 is 0 Å². The van der Waals surface area contributed by atoms with Crippen molar-refractivity contribution in [1.29, 1.82) is 0 Å². The van der Waals surface area contributed by atoms with Crippen molar-refractivity contribution >= 4 is 22.6 Å². The summed E-state index contributed by atoms with van der Waals surface area (Å²) >= 11 is 2.39. The van der Waals surface area contributed by atoms with Crippen LogP contribution in [0.15, 0.2) is 30.3 Å². The van der Waals surface area contributed by atoms with Gasteiger partial charge in [0.2, 0.25) is 0 Å². The van der Waals surface area contributed by atoms with E-state index in [4.69, 9.17) is 0 Å². The molecule has 2 nitrogen and oxygen atoms in total. The highest BCUT2D eigenvalue weighted by molar-refractivity contribution is 14.1. The molecular weight excluding hydrogens is 519 g/mol. The lowest BCUT2D eigenvalue weighted by Gasteiger charge is -2.31. The number of hydrogen-bond acceptors (Lipinski definition) is 2. The predicted octanol–water partition coefficient (Wildman–Crippen LogP) is 8.57. The first-order chi connectivity index (χ1) is 15.2. The molecule has 0 saturated heterocycles. The Morgan fingerprint density at radius 2 is 0.970 bits per heavy atom. The average molecular weight is 559 g/mol. The molecule has 3 aromatic rings. The minimum atomic E-state index is -0.146. The van der Waals surface area contributed by atoms with Crippen molar-refractivity contribution < 1.29 is 10.2 Å². The number of benzene rings is 3. The van der Waals surface area contributed by atoms with Crippen molar-refractivity contribution in [2.45, 2.75) is 81.1 Å². The van der Waals surface area contributed by atoms with E-state index in [2.05, 4.69) is 94.5 Å². The van der Waals surface area contributed by atoms with Crippen molar-refractivity contribution in [2.75, 3.05) is 0 Å². The smallest absolute Gasteiger partial charge is 0.121 e. The fourth-order valence-electron chi connectivity index (χ4n) is 4.29. The average Bonchev–Trinajstić information content (AvgIpc) is 2.77. The summed E-state index contributed by atoms with van der Waals surface area (Å²) < 4.78 is 1.38. The van der Waals surface area contributed by atoms with Gasteiger partial charge in [-0.05, 0) is 146 Å². The normalized spacial score (nSPS) is 11.2. The Labute approximate surface area is 214 Å². The Morgan fingerprint density at radius 3 is 1.30 bits per heavy atom. The number of phenolic OH excluding ortho intramolecular Hbond substituents is 2. The molecule has 0 unspecified atom stereocenters. The van der Waals surface area contributed by atoms with Crippen molar-refractivity contribution in [3.63, 3.8) is 0 Å². The van der Waals surface area contributed by atoms with Gasteiger partial charge in [0, 0.05) is 8.99 Å². The third-order valence-corrected chi connectivity index (χ3v) is 8.50. The topological polar surface area (TPSA) is 40.5 Å². The maximum absolute atomic E-state index is 10.0.